The third kappa shape index (κ3) is 2.11. The zero-order valence-corrected chi connectivity index (χ0v) is 16.1. The summed E-state index contributed by atoms with van der Waals surface area (Å²) >= 11 is 0. The molecule has 2 aliphatic carbocycles. The van der Waals surface area contributed by atoms with Crippen molar-refractivity contribution in [2.75, 3.05) is 23.8 Å². The second-order valence-corrected chi connectivity index (χ2v) is 8.80. The summed E-state index contributed by atoms with van der Waals surface area (Å²) in [5.74, 6) is 3.64. The molecule has 9 nitrogen and oxygen atoms in total. The van der Waals surface area contributed by atoms with Gasteiger partial charge in [0.2, 0.25) is 5.95 Å². The summed E-state index contributed by atoms with van der Waals surface area (Å²) in [4.78, 5) is 25.7. The molecule has 2 bridgehead atoms. The van der Waals surface area contributed by atoms with E-state index >= 15 is 0 Å². The fraction of sp³-hybridized carbons (Fsp3) is 0.550. The molecule has 2 saturated heterocycles. The highest BCUT2D eigenvalue weighted by Gasteiger charge is 2.48. The van der Waals surface area contributed by atoms with Crippen LogP contribution in [0.5, 0.6) is 0 Å². The largest absolute Gasteiger partial charge is 0.368 e. The maximum absolute atomic E-state index is 6.20. The first kappa shape index (κ1) is 16.0. The standard InChI is InChI=1S/C20H22N8O/c21-19-22-8-12(9-23-19)15-25-16-14(17(26-15)28-10-11-6-13(28)7-11)24-18-20(2-1-3-20)29-5-4-27(16)18/h8-9,11,13H,1-7,10H2,(H2,21,22,23). The van der Waals surface area contributed by atoms with Crippen LogP contribution < -0.4 is 10.6 Å². The van der Waals surface area contributed by atoms with Crippen LogP contribution in [0.4, 0.5) is 11.8 Å². The first-order valence-corrected chi connectivity index (χ1v) is 10.5. The summed E-state index contributed by atoms with van der Waals surface area (Å²) in [5, 5.41) is 0. The number of nitrogens with two attached hydrogens (primary N) is 1. The van der Waals surface area contributed by atoms with Crippen LogP contribution in [0.15, 0.2) is 12.4 Å². The molecular weight excluding hydrogens is 368 g/mol. The number of aromatic nitrogens is 6. The normalized spacial score (nSPS) is 26.4. The van der Waals surface area contributed by atoms with Crippen molar-refractivity contribution in [3.05, 3.63) is 18.2 Å². The summed E-state index contributed by atoms with van der Waals surface area (Å²) < 4.78 is 8.46. The molecule has 8 rings (SSSR count). The molecule has 9 heteroatoms. The van der Waals surface area contributed by atoms with E-state index in [1.165, 1.54) is 19.3 Å². The van der Waals surface area contributed by atoms with Crippen molar-refractivity contribution in [2.24, 2.45) is 5.92 Å². The Kier molecular flexibility index (Phi) is 2.99. The van der Waals surface area contributed by atoms with Gasteiger partial charge in [-0.3, -0.25) is 0 Å². The van der Waals surface area contributed by atoms with Crippen LogP contribution in [0.3, 0.4) is 0 Å². The molecule has 5 aliphatic rings. The molecule has 0 unspecified atom stereocenters. The molecule has 0 atom stereocenters. The Morgan fingerprint density at radius 3 is 2.62 bits per heavy atom. The average molecular weight is 390 g/mol. The van der Waals surface area contributed by atoms with Gasteiger partial charge in [0.15, 0.2) is 22.8 Å². The predicted octanol–water partition coefficient (Wildman–Crippen LogP) is 1.87. The van der Waals surface area contributed by atoms with Crippen LogP contribution in [0.2, 0.25) is 0 Å². The minimum absolute atomic E-state index is 0.228. The van der Waals surface area contributed by atoms with E-state index < -0.39 is 0 Å². The number of nitrogens with zero attached hydrogens (tertiary/aromatic N) is 7. The number of hydrogen-bond acceptors (Lipinski definition) is 8. The first-order valence-electron chi connectivity index (χ1n) is 10.5. The first-order chi connectivity index (χ1) is 14.2. The Labute approximate surface area is 167 Å². The molecule has 4 fully saturated rings. The fourth-order valence-corrected chi connectivity index (χ4v) is 5.38. The Morgan fingerprint density at radius 2 is 1.93 bits per heavy atom. The van der Waals surface area contributed by atoms with Crippen LogP contribution in [-0.2, 0) is 16.9 Å². The van der Waals surface area contributed by atoms with Gasteiger partial charge in [-0.1, -0.05) is 0 Å². The topological polar surface area (TPSA) is 108 Å². The molecule has 0 aromatic carbocycles. The van der Waals surface area contributed by atoms with Crippen LogP contribution in [0, 0.1) is 5.92 Å². The number of hydrogen-bond donors (Lipinski definition) is 1. The quantitative estimate of drug-likeness (QED) is 0.707. The minimum atomic E-state index is -0.228. The van der Waals surface area contributed by atoms with Crippen LogP contribution in [-0.4, -0.2) is 48.7 Å². The Morgan fingerprint density at radius 1 is 1.10 bits per heavy atom. The molecule has 0 amide bonds. The van der Waals surface area contributed by atoms with Crippen molar-refractivity contribution in [3.8, 4) is 11.4 Å². The lowest BCUT2D eigenvalue weighted by molar-refractivity contribution is -0.131. The summed E-state index contributed by atoms with van der Waals surface area (Å²) in [5.41, 5.74) is 8.03. The number of anilines is 2. The Bertz CT molecular complexity index is 1130. The molecule has 2 N–H and O–H groups in total. The SMILES string of the molecule is Nc1ncc(-c2nc(N3CC4CC3C4)c3nc4n(c3n2)CCOC42CCC2)cn1. The molecule has 3 aromatic rings. The van der Waals surface area contributed by atoms with E-state index in [0.29, 0.717) is 18.5 Å². The monoisotopic (exact) mass is 390 g/mol. The van der Waals surface area contributed by atoms with E-state index in [1.54, 1.807) is 12.4 Å². The highest BCUT2D eigenvalue weighted by molar-refractivity contribution is 5.87. The van der Waals surface area contributed by atoms with Gasteiger partial charge in [0.05, 0.1) is 12.2 Å². The molecule has 29 heavy (non-hydrogen) atoms. The zero-order valence-electron chi connectivity index (χ0n) is 16.1. The second-order valence-electron chi connectivity index (χ2n) is 8.80. The summed E-state index contributed by atoms with van der Waals surface area (Å²) in [6, 6.07) is 0.571. The Hall–Kier alpha value is -2.81. The smallest absolute Gasteiger partial charge is 0.219 e. The molecule has 3 aromatic heterocycles. The maximum atomic E-state index is 6.20. The molecule has 1 spiro atoms. The maximum Gasteiger partial charge on any atom is 0.219 e. The van der Waals surface area contributed by atoms with Crippen molar-refractivity contribution in [1.29, 1.82) is 0 Å². The molecular formula is C20H22N8O. The van der Waals surface area contributed by atoms with Gasteiger partial charge in [-0.05, 0) is 38.0 Å². The molecule has 0 radical (unpaired) electrons. The zero-order chi connectivity index (χ0) is 19.2. The summed E-state index contributed by atoms with van der Waals surface area (Å²) in [6.45, 7) is 2.53. The van der Waals surface area contributed by atoms with Crippen molar-refractivity contribution in [1.82, 2.24) is 29.5 Å². The van der Waals surface area contributed by atoms with E-state index in [4.69, 9.17) is 25.4 Å². The highest BCUT2D eigenvalue weighted by atomic mass is 16.5. The van der Waals surface area contributed by atoms with E-state index in [0.717, 1.165) is 60.2 Å². The van der Waals surface area contributed by atoms with E-state index in [9.17, 15) is 0 Å². The van der Waals surface area contributed by atoms with Gasteiger partial charge >= 0.3 is 0 Å². The molecule has 3 aliphatic heterocycles. The van der Waals surface area contributed by atoms with Crippen LogP contribution in [0.1, 0.15) is 37.9 Å². The van der Waals surface area contributed by atoms with E-state index in [-0.39, 0.29) is 11.5 Å². The van der Waals surface area contributed by atoms with E-state index in [1.807, 2.05) is 0 Å². The highest BCUT2D eigenvalue weighted by Crippen LogP contribution is 2.49. The van der Waals surface area contributed by atoms with Gasteiger partial charge in [-0.2, -0.15) is 0 Å². The number of ether oxygens (including phenoxy) is 1. The van der Waals surface area contributed by atoms with Crippen molar-refractivity contribution >= 4 is 22.9 Å². The number of fused-ring (bicyclic) bond motifs is 5. The van der Waals surface area contributed by atoms with E-state index in [2.05, 4.69) is 19.4 Å². The third-order valence-electron chi connectivity index (χ3n) is 7.15. The van der Waals surface area contributed by atoms with Gasteiger partial charge in [-0.15, -0.1) is 0 Å². The predicted molar refractivity (Wildman–Crippen MR) is 106 cm³/mol. The number of imidazole rings is 1. The van der Waals surface area contributed by atoms with Crippen LogP contribution >= 0.6 is 0 Å². The van der Waals surface area contributed by atoms with Gasteiger partial charge in [-0.25, -0.2) is 24.9 Å². The lowest BCUT2D eigenvalue weighted by Crippen LogP contribution is -2.44. The summed E-state index contributed by atoms with van der Waals surface area (Å²) in [7, 11) is 0. The third-order valence-corrected chi connectivity index (χ3v) is 7.15. The lowest BCUT2D eigenvalue weighted by atomic mass is 9.78. The lowest BCUT2D eigenvalue weighted by Gasteiger charge is -2.43. The fourth-order valence-electron chi connectivity index (χ4n) is 5.38. The Balaban J connectivity index is 1.47. The average Bonchev–Trinajstić information content (AvgIpc) is 3.38. The van der Waals surface area contributed by atoms with Crippen molar-refractivity contribution in [2.45, 2.75) is 50.3 Å². The van der Waals surface area contributed by atoms with Crippen LogP contribution in [0.25, 0.3) is 22.6 Å². The molecule has 2 saturated carbocycles. The number of nitrogen functional groups attached to an aromatic ring is 1. The van der Waals surface area contributed by atoms with Gasteiger partial charge in [0.1, 0.15) is 11.4 Å². The van der Waals surface area contributed by atoms with Gasteiger partial charge in [0, 0.05) is 31.5 Å². The van der Waals surface area contributed by atoms with Crippen molar-refractivity contribution < 1.29 is 4.74 Å². The molecule has 148 valence electrons. The van der Waals surface area contributed by atoms with Gasteiger partial charge in [0.25, 0.3) is 0 Å². The summed E-state index contributed by atoms with van der Waals surface area (Å²) in [6.07, 6.45) is 9.16. The molecule has 6 heterocycles. The van der Waals surface area contributed by atoms with Gasteiger partial charge < -0.3 is 19.9 Å². The minimum Gasteiger partial charge on any atom is -0.368 e. The number of rotatable bonds is 2. The second kappa shape index (κ2) is 5.41. The van der Waals surface area contributed by atoms with Crippen molar-refractivity contribution in [3.63, 3.8) is 0 Å².